The van der Waals surface area contributed by atoms with Gasteiger partial charge in [-0.05, 0) is 69.4 Å². The summed E-state index contributed by atoms with van der Waals surface area (Å²) in [4.78, 5) is 15.6. The second-order valence-corrected chi connectivity index (χ2v) is 8.52. The number of amides is 1. The van der Waals surface area contributed by atoms with Gasteiger partial charge in [0.2, 0.25) is 5.91 Å². The van der Waals surface area contributed by atoms with Crippen molar-refractivity contribution in [1.82, 2.24) is 14.7 Å². The molecule has 5 nitrogen and oxygen atoms in total. The molecule has 0 N–H and O–H groups in total. The third-order valence-electron chi connectivity index (χ3n) is 6.40. The Morgan fingerprint density at radius 2 is 1.81 bits per heavy atom. The lowest BCUT2D eigenvalue weighted by Crippen LogP contribution is -2.40. The maximum atomic E-state index is 13.5. The van der Waals surface area contributed by atoms with Gasteiger partial charge in [0, 0.05) is 23.8 Å². The second-order valence-electron chi connectivity index (χ2n) is 8.52. The molecule has 31 heavy (non-hydrogen) atoms. The van der Waals surface area contributed by atoms with Crippen LogP contribution in [0.5, 0.6) is 5.75 Å². The molecule has 1 heterocycles. The van der Waals surface area contributed by atoms with E-state index in [9.17, 15) is 4.79 Å². The molecule has 1 amide bonds. The molecule has 1 unspecified atom stereocenters. The SMILES string of the molecule is COc1ccc(CN(C(=O)Cc2c(C)nn(-c3ccccc3)c2C)C(C)C2CC2)cc1. The van der Waals surface area contributed by atoms with Crippen LogP contribution >= 0.6 is 0 Å². The number of ether oxygens (including phenoxy) is 1. The predicted octanol–water partition coefficient (Wildman–Crippen LogP) is 4.87. The van der Waals surface area contributed by atoms with E-state index in [2.05, 4.69) is 11.8 Å². The Morgan fingerprint density at radius 1 is 1.13 bits per heavy atom. The standard InChI is InChI=1S/C26H31N3O2/c1-18-25(20(3)29(27-18)23-8-6-5-7-9-23)16-26(30)28(19(2)22-12-13-22)17-21-10-14-24(31-4)15-11-21/h5-11,14-15,19,22H,12-13,16-17H2,1-4H3. The van der Waals surface area contributed by atoms with Crippen LogP contribution in [0.1, 0.15) is 42.3 Å². The maximum absolute atomic E-state index is 13.5. The van der Waals surface area contributed by atoms with Crippen LogP contribution in [-0.2, 0) is 17.8 Å². The van der Waals surface area contributed by atoms with Crippen LogP contribution < -0.4 is 4.74 Å². The zero-order valence-corrected chi connectivity index (χ0v) is 18.8. The van der Waals surface area contributed by atoms with Gasteiger partial charge in [-0.15, -0.1) is 0 Å². The van der Waals surface area contributed by atoms with Gasteiger partial charge < -0.3 is 9.64 Å². The molecule has 1 aliphatic carbocycles. The Balaban J connectivity index is 1.57. The number of aryl methyl sites for hydroxylation is 1. The van der Waals surface area contributed by atoms with Gasteiger partial charge in [0.15, 0.2) is 0 Å². The maximum Gasteiger partial charge on any atom is 0.227 e. The highest BCUT2D eigenvalue weighted by molar-refractivity contribution is 5.79. The van der Waals surface area contributed by atoms with Gasteiger partial charge in [-0.3, -0.25) is 4.79 Å². The first-order valence-electron chi connectivity index (χ1n) is 11.0. The first-order valence-corrected chi connectivity index (χ1v) is 11.0. The number of methoxy groups -OCH3 is 1. The summed E-state index contributed by atoms with van der Waals surface area (Å²) in [6.07, 6.45) is 2.78. The third kappa shape index (κ3) is 4.66. The van der Waals surface area contributed by atoms with Crippen molar-refractivity contribution in [1.29, 1.82) is 0 Å². The minimum atomic E-state index is 0.161. The lowest BCUT2D eigenvalue weighted by Gasteiger charge is -2.30. The van der Waals surface area contributed by atoms with E-state index in [1.54, 1.807) is 7.11 Å². The van der Waals surface area contributed by atoms with Gasteiger partial charge in [-0.1, -0.05) is 30.3 Å². The van der Waals surface area contributed by atoms with Crippen LogP contribution in [0.3, 0.4) is 0 Å². The van der Waals surface area contributed by atoms with Crippen LogP contribution in [-0.4, -0.2) is 33.7 Å². The molecule has 0 saturated heterocycles. The highest BCUT2D eigenvalue weighted by Crippen LogP contribution is 2.36. The van der Waals surface area contributed by atoms with E-state index in [4.69, 9.17) is 9.84 Å². The number of hydrogen-bond acceptors (Lipinski definition) is 3. The van der Waals surface area contributed by atoms with Gasteiger partial charge in [0.25, 0.3) is 0 Å². The van der Waals surface area contributed by atoms with Gasteiger partial charge in [-0.25, -0.2) is 4.68 Å². The number of aromatic nitrogens is 2. The molecule has 5 heteroatoms. The normalized spacial score (nSPS) is 14.3. The number of nitrogens with zero attached hydrogens (tertiary/aromatic N) is 3. The van der Waals surface area contributed by atoms with Crippen molar-refractivity contribution in [2.45, 2.75) is 52.6 Å². The van der Waals surface area contributed by atoms with Crippen LogP contribution in [0.4, 0.5) is 0 Å². The third-order valence-corrected chi connectivity index (χ3v) is 6.40. The molecule has 1 saturated carbocycles. The van der Waals surface area contributed by atoms with E-state index in [1.807, 2.05) is 73.1 Å². The number of para-hydroxylation sites is 1. The van der Waals surface area contributed by atoms with Crippen molar-refractivity contribution in [2.24, 2.45) is 5.92 Å². The van der Waals surface area contributed by atoms with Crippen molar-refractivity contribution < 1.29 is 9.53 Å². The molecule has 3 aromatic rings. The molecule has 0 spiro atoms. The van der Waals surface area contributed by atoms with Gasteiger partial charge in [-0.2, -0.15) is 5.10 Å². The second kappa shape index (κ2) is 8.96. The minimum absolute atomic E-state index is 0.161. The van der Waals surface area contributed by atoms with E-state index in [0.29, 0.717) is 18.9 Å². The molecular weight excluding hydrogens is 386 g/mol. The zero-order valence-electron chi connectivity index (χ0n) is 18.8. The Kier molecular flexibility index (Phi) is 6.12. The highest BCUT2D eigenvalue weighted by Gasteiger charge is 2.34. The highest BCUT2D eigenvalue weighted by atomic mass is 16.5. The number of hydrogen-bond donors (Lipinski definition) is 0. The zero-order chi connectivity index (χ0) is 22.0. The summed E-state index contributed by atoms with van der Waals surface area (Å²) in [6, 6.07) is 18.3. The molecule has 0 aliphatic heterocycles. The van der Waals surface area contributed by atoms with Crippen LogP contribution in [0.2, 0.25) is 0 Å². The summed E-state index contributed by atoms with van der Waals surface area (Å²) in [6.45, 7) is 6.85. The molecule has 1 aliphatic rings. The minimum Gasteiger partial charge on any atom is -0.497 e. The van der Waals surface area contributed by atoms with Crippen molar-refractivity contribution in [2.75, 3.05) is 7.11 Å². The van der Waals surface area contributed by atoms with E-state index in [1.165, 1.54) is 12.8 Å². The predicted molar refractivity (Wildman–Crippen MR) is 122 cm³/mol. The van der Waals surface area contributed by atoms with Crippen molar-refractivity contribution in [3.8, 4) is 11.4 Å². The first-order chi connectivity index (χ1) is 15.0. The summed E-state index contributed by atoms with van der Waals surface area (Å²) in [5, 5.41) is 4.72. The number of carbonyl (C=O) groups is 1. The quantitative estimate of drug-likeness (QED) is 0.525. The molecule has 2 aromatic carbocycles. The smallest absolute Gasteiger partial charge is 0.227 e. The summed E-state index contributed by atoms with van der Waals surface area (Å²) < 4.78 is 7.21. The lowest BCUT2D eigenvalue weighted by atomic mass is 10.1. The Bertz CT molecular complexity index is 1040. The Labute approximate surface area is 184 Å². The van der Waals surface area contributed by atoms with E-state index >= 15 is 0 Å². The lowest BCUT2D eigenvalue weighted by molar-refractivity contribution is -0.133. The molecule has 1 atom stereocenters. The molecule has 1 aromatic heterocycles. The topological polar surface area (TPSA) is 47.4 Å². The van der Waals surface area contributed by atoms with Gasteiger partial charge >= 0.3 is 0 Å². The van der Waals surface area contributed by atoms with Gasteiger partial charge in [0.05, 0.1) is 24.9 Å². The molecular formula is C26H31N3O2. The Hall–Kier alpha value is -3.08. The average Bonchev–Trinajstić information content (AvgIpc) is 3.61. The summed E-state index contributed by atoms with van der Waals surface area (Å²) in [7, 11) is 1.67. The first kappa shape index (κ1) is 21.2. The number of benzene rings is 2. The van der Waals surface area contributed by atoms with E-state index in [-0.39, 0.29) is 11.9 Å². The number of carbonyl (C=O) groups excluding carboxylic acids is 1. The molecule has 4 rings (SSSR count). The van der Waals surface area contributed by atoms with Crippen LogP contribution in [0.25, 0.3) is 5.69 Å². The summed E-state index contributed by atoms with van der Waals surface area (Å²) >= 11 is 0. The van der Waals surface area contributed by atoms with Crippen molar-refractivity contribution in [3.63, 3.8) is 0 Å². The van der Waals surface area contributed by atoms with E-state index in [0.717, 1.165) is 34.0 Å². The van der Waals surface area contributed by atoms with Gasteiger partial charge in [0.1, 0.15) is 5.75 Å². The Morgan fingerprint density at radius 3 is 2.42 bits per heavy atom. The summed E-state index contributed by atoms with van der Waals surface area (Å²) in [5.41, 5.74) is 5.11. The van der Waals surface area contributed by atoms with Crippen molar-refractivity contribution in [3.05, 3.63) is 77.1 Å². The number of rotatable bonds is 8. The van der Waals surface area contributed by atoms with Crippen LogP contribution in [0, 0.1) is 19.8 Å². The van der Waals surface area contributed by atoms with Crippen LogP contribution in [0.15, 0.2) is 54.6 Å². The molecule has 162 valence electrons. The molecule has 0 radical (unpaired) electrons. The largest absolute Gasteiger partial charge is 0.497 e. The summed E-state index contributed by atoms with van der Waals surface area (Å²) in [5.74, 6) is 1.60. The molecule has 1 fully saturated rings. The fourth-order valence-electron chi connectivity index (χ4n) is 4.22. The van der Waals surface area contributed by atoms with E-state index < -0.39 is 0 Å². The molecule has 0 bridgehead atoms. The fraction of sp³-hybridized carbons (Fsp3) is 0.385. The van der Waals surface area contributed by atoms with Crippen molar-refractivity contribution >= 4 is 5.91 Å². The fourth-order valence-corrected chi connectivity index (χ4v) is 4.22. The average molecular weight is 418 g/mol. The monoisotopic (exact) mass is 417 g/mol.